The molecule has 3 N–H and O–H groups in total. The SMILES string of the molecule is CC(C)(C(=O)NCCC1CCCO1)C(N)=S. The molecular formula is C11H20N2O2S. The number of amides is 1. The summed E-state index contributed by atoms with van der Waals surface area (Å²) in [5, 5.41) is 2.84. The van der Waals surface area contributed by atoms with Crippen molar-refractivity contribution in [1.29, 1.82) is 0 Å². The van der Waals surface area contributed by atoms with Crippen molar-refractivity contribution in [1.82, 2.24) is 5.32 Å². The fourth-order valence-electron chi connectivity index (χ4n) is 1.55. The molecule has 0 aromatic heterocycles. The minimum Gasteiger partial charge on any atom is -0.392 e. The quantitative estimate of drug-likeness (QED) is 0.708. The van der Waals surface area contributed by atoms with Gasteiger partial charge in [-0.1, -0.05) is 12.2 Å². The molecule has 0 aromatic carbocycles. The van der Waals surface area contributed by atoms with Gasteiger partial charge in [0.1, 0.15) is 0 Å². The zero-order valence-corrected chi connectivity index (χ0v) is 10.7. The van der Waals surface area contributed by atoms with E-state index in [-0.39, 0.29) is 10.9 Å². The molecule has 4 nitrogen and oxygen atoms in total. The molecule has 0 saturated carbocycles. The van der Waals surface area contributed by atoms with E-state index in [0.29, 0.717) is 12.6 Å². The van der Waals surface area contributed by atoms with Gasteiger partial charge in [-0.2, -0.15) is 0 Å². The summed E-state index contributed by atoms with van der Waals surface area (Å²) in [4.78, 5) is 12.0. The third-order valence-electron chi connectivity index (χ3n) is 2.96. The number of nitrogens with two attached hydrogens (primary N) is 1. The van der Waals surface area contributed by atoms with E-state index < -0.39 is 5.41 Å². The van der Waals surface area contributed by atoms with Gasteiger partial charge >= 0.3 is 0 Å². The lowest BCUT2D eigenvalue weighted by molar-refractivity contribution is -0.126. The Labute approximate surface area is 102 Å². The van der Waals surface area contributed by atoms with E-state index in [1.54, 1.807) is 13.8 Å². The molecule has 0 radical (unpaired) electrons. The highest BCUT2D eigenvalue weighted by Crippen LogP contribution is 2.17. The van der Waals surface area contributed by atoms with Crippen molar-refractivity contribution in [2.24, 2.45) is 11.1 Å². The highest BCUT2D eigenvalue weighted by molar-refractivity contribution is 7.80. The molecule has 0 aromatic rings. The summed E-state index contributed by atoms with van der Waals surface area (Å²) < 4.78 is 5.47. The third kappa shape index (κ3) is 3.42. The first-order valence-electron chi connectivity index (χ1n) is 5.64. The van der Waals surface area contributed by atoms with Crippen LogP contribution in [0.5, 0.6) is 0 Å². The van der Waals surface area contributed by atoms with Crippen molar-refractivity contribution in [3.8, 4) is 0 Å². The predicted molar refractivity (Wildman–Crippen MR) is 67.2 cm³/mol. The minimum atomic E-state index is -0.772. The summed E-state index contributed by atoms with van der Waals surface area (Å²) in [7, 11) is 0. The van der Waals surface area contributed by atoms with E-state index in [1.807, 2.05) is 0 Å². The van der Waals surface area contributed by atoms with E-state index >= 15 is 0 Å². The van der Waals surface area contributed by atoms with E-state index in [0.717, 1.165) is 25.9 Å². The van der Waals surface area contributed by atoms with Crippen LogP contribution < -0.4 is 11.1 Å². The number of hydrogen-bond acceptors (Lipinski definition) is 3. The molecule has 1 unspecified atom stereocenters. The zero-order valence-electron chi connectivity index (χ0n) is 9.91. The van der Waals surface area contributed by atoms with Crippen LogP contribution in [0.15, 0.2) is 0 Å². The average molecular weight is 244 g/mol. The van der Waals surface area contributed by atoms with Crippen LogP contribution in [0.3, 0.4) is 0 Å². The van der Waals surface area contributed by atoms with Gasteiger partial charge < -0.3 is 15.8 Å². The molecule has 92 valence electrons. The molecule has 16 heavy (non-hydrogen) atoms. The Bertz CT molecular complexity index is 273. The monoisotopic (exact) mass is 244 g/mol. The van der Waals surface area contributed by atoms with Gasteiger partial charge in [-0.05, 0) is 33.1 Å². The molecule has 0 aliphatic carbocycles. The lowest BCUT2D eigenvalue weighted by Crippen LogP contribution is -2.45. The average Bonchev–Trinajstić information content (AvgIpc) is 2.70. The van der Waals surface area contributed by atoms with Crippen molar-refractivity contribution < 1.29 is 9.53 Å². The smallest absolute Gasteiger partial charge is 0.232 e. The van der Waals surface area contributed by atoms with Crippen LogP contribution in [0.2, 0.25) is 0 Å². The van der Waals surface area contributed by atoms with Crippen molar-refractivity contribution in [3.05, 3.63) is 0 Å². The molecule has 1 atom stereocenters. The van der Waals surface area contributed by atoms with Gasteiger partial charge in [0.15, 0.2) is 0 Å². The van der Waals surface area contributed by atoms with Crippen molar-refractivity contribution in [2.75, 3.05) is 13.2 Å². The van der Waals surface area contributed by atoms with Crippen LogP contribution in [0.25, 0.3) is 0 Å². The van der Waals surface area contributed by atoms with Crippen LogP contribution in [-0.4, -0.2) is 30.2 Å². The molecule has 1 aliphatic heterocycles. The van der Waals surface area contributed by atoms with Gasteiger partial charge in [0.05, 0.1) is 16.5 Å². The van der Waals surface area contributed by atoms with Crippen molar-refractivity contribution >= 4 is 23.1 Å². The topological polar surface area (TPSA) is 64.3 Å². The Morgan fingerprint density at radius 3 is 2.81 bits per heavy atom. The first kappa shape index (κ1) is 13.4. The van der Waals surface area contributed by atoms with Gasteiger partial charge in [-0.15, -0.1) is 0 Å². The molecule has 1 aliphatic rings. The molecule has 0 bridgehead atoms. The number of rotatable bonds is 5. The summed E-state index contributed by atoms with van der Waals surface area (Å²) in [6.07, 6.45) is 3.37. The summed E-state index contributed by atoms with van der Waals surface area (Å²) in [5.41, 5.74) is 4.74. The Kier molecular flexibility index (Phi) is 4.68. The normalized spacial score (nSPS) is 20.8. The summed E-state index contributed by atoms with van der Waals surface area (Å²) in [5.74, 6) is -0.113. The lowest BCUT2D eigenvalue weighted by atomic mass is 9.92. The lowest BCUT2D eigenvalue weighted by Gasteiger charge is -2.22. The number of thiocarbonyl (C=S) groups is 1. The molecule has 1 saturated heterocycles. The highest BCUT2D eigenvalue weighted by atomic mass is 32.1. The number of carbonyl (C=O) groups excluding carboxylic acids is 1. The third-order valence-corrected chi connectivity index (χ3v) is 3.47. The molecule has 1 heterocycles. The molecule has 1 amide bonds. The van der Waals surface area contributed by atoms with Crippen molar-refractivity contribution in [2.45, 2.75) is 39.2 Å². The van der Waals surface area contributed by atoms with Gasteiger partial charge in [0, 0.05) is 13.2 Å². The Hall–Kier alpha value is -0.680. The molecule has 1 rings (SSSR count). The standard InChI is InChI=1S/C11H20N2O2S/c1-11(2,9(12)16)10(14)13-6-5-8-4-3-7-15-8/h8H,3-7H2,1-2H3,(H2,12,16)(H,13,14). The fraction of sp³-hybridized carbons (Fsp3) is 0.818. The van der Waals surface area contributed by atoms with Crippen molar-refractivity contribution in [3.63, 3.8) is 0 Å². The highest BCUT2D eigenvalue weighted by Gasteiger charge is 2.30. The summed E-state index contributed by atoms with van der Waals surface area (Å²) in [6, 6.07) is 0. The molecule has 0 spiro atoms. The van der Waals surface area contributed by atoms with Crippen LogP contribution in [0.1, 0.15) is 33.1 Å². The van der Waals surface area contributed by atoms with E-state index in [1.165, 1.54) is 0 Å². The summed E-state index contributed by atoms with van der Waals surface area (Å²) >= 11 is 4.86. The van der Waals surface area contributed by atoms with E-state index in [9.17, 15) is 4.79 Å². The first-order chi connectivity index (χ1) is 7.44. The molecule has 5 heteroatoms. The van der Waals surface area contributed by atoms with E-state index in [4.69, 9.17) is 22.7 Å². The van der Waals surface area contributed by atoms with Crippen LogP contribution in [0.4, 0.5) is 0 Å². The maximum atomic E-state index is 11.8. The maximum Gasteiger partial charge on any atom is 0.232 e. The van der Waals surface area contributed by atoms with Gasteiger partial charge in [-0.25, -0.2) is 0 Å². The second-order valence-electron chi connectivity index (χ2n) is 4.67. The zero-order chi connectivity index (χ0) is 12.2. The minimum absolute atomic E-state index is 0.113. The van der Waals surface area contributed by atoms with Crippen LogP contribution in [0, 0.1) is 5.41 Å². The van der Waals surface area contributed by atoms with Gasteiger partial charge in [-0.3, -0.25) is 4.79 Å². The second-order valence-corrected chi connectivity index (χ2v) is 5.11. The number of ether oxygens (including phenoxy) is 1. The van der Waals surface area contributed by atoms with E-state index in [2.05, 4.69) is 5.32 Å². The maximum absolute atomic E-state index is 11.8. The second kappa shape index (κ2) is 5.59. The number of carbonyl (C=O) groups is 1. The fourth-order valence-corrected chi connectivity index (χ4v) is 1.64. The van der Waals surface area contributed by atoms with Gasteiger partial charge in [0.2, 0.25) is 5.91 Å². The first-order valence-corrected chi connectivity index (χ1v) is 6.05. The Balaban J connectivity index is 2.26. The van der Waals surface area contributed by atoms with Gasteiger partial charge in [0.25, 0.3) is 0 Å². The molecule has 1 fully saturated rings. The van der Waals surface area contributed by atoms with Crippen LogP contribution >= 0.6 is 12.2 Å². The van der Waals surface area contributed by atoms with Crippen LogP contribution in [-0.2, 0) is 9.53 Å². The number of nitrogens with one attached hydrogen (secondary N) is 1. The molecular weight excluding hydrogens is 224 g/mol. The largest absolute Gasteiger partial charge is 0.392 e. The summed E-state index contributed by atoms with van der Waals surface area (Å²) in [6.45, 7) is 4.93. The number of hydrogen-bond donors (Lipinski definition) is 2. The Morgan fingerprint density at radius 2 is 2.31 bits per heavy atom. The Morgan fingerprint density at radius 1 is 1.62 bits per heavy atom. The predicted octanol–water partition coefficient (Wildman–Crippen LogP) is 0.984.